The Labute approximate surface area is 143 Å². The first-order valence-electron chi connectivity index (χ1n) is 7.00. The average Bonchev–Trinajstić information content (AvgIpc) is 2.44. The molecule has 0 amide bonds. The number of halogens is 1. The Morgan fingerprint density at radius 1 is 0.958 bits per heavy atom. The fourth-order valence-electron chi connectivity index (χ4n) is 2.42. The number of ether oxygens (including phenoxy) is 4. The highest BCUT2D eigenvalue weighted by atomic mass is 35.5. The fourth-order valence-corrected chi connectivity index (χ4v) is 2.77. The number of ketones is 1. The van der Waals surface area contributed by atoms with Crippen molar-refractivity contribution in [1.82, 2.24) is 0 Å². The predicted octanol–water partition coefficient (Wildman–Crippen LogP) is -0.303. The van der Waals surface area contributed by atoms with Gasteiger partial charge in [-0.15, -0.1) is 0 Å². The van der Waals surface area contributed by atoms with Crippen LogP contribution < -0.4 is 0 Å². The lowest BCUT2D eigenvalue weighted by Gasteiger charge is -2.48. The Hall–Kier alpha value is -1.71. The SMILES string of the molecule is CC(=O)O[C@@H]1[C@@H](OC(C)=O)[C@H](OC(C)=O)[C@](CO)(C(C)=O)O[C@@H]1Cl. The Balaban J connectivity index is 3.42. The van der Waals surface area contributed by atoms with Crippen molar-refractivity contribution in [2.75, 3.05) is 6.61 Å². The minimum atomic E-state index is -2.06. The van der Waals surface area contributed by atoms with Crippen molar-refractivity contribution in [3.05, 3.63) is 0 Å². The monoisotopic (exact) mass is 366 g/mol. The lowest BCUT2D eigenvalue weighted by Crippen LogP contribution is -2.70. The molecule has 0 unspecified atom stereocenters. The summed E-state index contributed by atoms with van der Waals surface area (Å²) in [4.78, 5) is 46.2. The third kappa shape index (κ3) is 4.22. The molecule has 1 saturated heterocycles. The van der Waals surface area contributed by atoms with Crippen molar-refractivity contribution >= 4 is 35.3 Å². The summed E-state index contributed by atoms with van der Waals surface area (Å²) in [7, 11) is 0. The van der Waals surface area contributed by atoms with Gasteiger partial charge in [-0.25, -0.2) is 0 Å². The molecule has 1 aliphatic heterocycles. The maximum Gasteiger partial charge on any atom is 0.303 e. The van der Waals surface area contributed by atoms with Gasteiger partial charge in [0.1, 0.15) is 0 Å². The van der Waals surface area contributed by atoms with E-state index in [9.17, 15) is 24.3 Å². The van der Waals surface area contributed by atoms with Crippen LogP contribution in [0.2, 0.25) is 0 Å². The van der Waals surface area contributed by atoms with E-state index in [4.69, 9.17) is 30.5 Å². The first-order valence-corrected chi connectivity index (χ1v) is 7.44. The van der Waals surface area contributed by atoms with Gasteiger partial charge < -0.3 is 24.1 Å². The van der Waals surface area contributed by atoms with Crippen molar-refractivity contribution in [1.29, 1.82) is 0 Å². The Bertz CT molecular complexity index is 534. The average molecular weight is 367 g/mol. The zero-order valence-electron chi connectivity index (χ0n) is 13.6. The van der Waals surface area contributed by atoms with Gasteiger partial charge in [0, 0.05) is 20.8 Å². The summed E-state index contributed by atoms with van der Waals surface area (Å²) >= 11 is 6.02. The molecule has 0 aliphatic carbocycles. The molecule has 1 rings (SSSR count). The maximum atomic E-state index is 12.1. The summed E-state index contributed by atoms with van der Waals surface area (Å²) < 4.78 is 20.5. The van der Waals surface area contributed by atoms with Gasteiger partial charge in [0.05, 0.1) is 6.61 Å². The van der Waals surface area contributed by atoms with E-state index in [0.717, 1.165) is 27.7 Å². The van der Waals surface area contributed by atoms with Gasteiger partial charge in [-0.2, -0.15) is 0 Å². The minimum absolute atomic E-state index is 0.708. The van der Waals surface area contributed by atoms with E-state index in [1.54, 1.807) is 0 Å². The molecule has 5 atom stereocenters. The summed E-state index contributed by atoms with van der Waals surface area (Å²) in [6, 6.07) is 0. The number of esters is 3. The summed E-state index contributed by atoms with van der Waals surface area (Å²) in [5, 5.41) is 9.69. The number of Topliss-reactive ketones (excluding diaryl/α,β-unsaturated/α-hetero) is 1. The van der Waals surface area contributed by atoms with Crippen LogP contribution in [0, 0.1) is 0 Å². The second-order valence-electron chi connectivity index (χ2n) is 5.25. The Morgan fingerprint density at radius 2 is 1.42 bits per heavy atom. The number of carbonyl (C=O) groups excluding carboxylic acids is 4. The summed E-state index contributed by atoms with van der Waals surface area (Å²) in [5.74, 6) is -3.09. The fraction of sp³-hybridized carbons (Fsp3) is 0.714. The third-order valence-corrected chi connectivity index (χ3v) is 3.73. The highest BCUT2D eigenvalue weighted by Crippen LogP contribution is 2.37. The van der Waals surface area contributed by atoms with Crippen LogP contribution in [0.5, 0.6) is 0 Å². The van der Waals surface area contributed by atoms with Crippen LogP contribution in [0.1, 0.15) is 27.7 Å². The number of aliphatic hydroxyl groups excluding tert-OH is 1. The Kier molecular flexibility index (Phi) is 6.70. The van der Waals surface area contributed by atoms with E-state index in [1.165, 1.54) is 0 Å². The van der Waals surface area contributed by atoms with Crippen molar-refractivity contribution in [3.8, 4) is 0 Å². The molecule has 24 heavy (non-hydrogen) atoms. The number of hydrogen-bond acceptors (Lipinski definition) is 9. The summed E-state index contributed by atoms with van der Waals surface area (Å²) in [5.41, 5.74) is -3.49. The molecule has 1 fully saturated rings. The van der Waals surface area contributed by atoms with E-state index in [0.29, 0.717) is 0 Å². The van der Waals surface area contributed by atoms with E-state index in [-0.39, 0.29) is 0 Å². The van der Waals surface area contributed by atoms with Crippen molar-refractivity contribution in [2.45, 2.75) is 57.2 Å². The van der Waals surface area contributed by atoms with Crippen LogP contribution >= 0.6 is 11.6 Å². The molecule has 0 radical (unpaired) electrons. The molecule has 136 valence electrons. The summed E-state index contributed by atoms with van der Waals surface area (Å²) in [6.07, 6.45) is -4.35. The van der Waals surface area contributed by atoms with Gasteiger partial charge >= 0.3 is 17.9 Å². The highest BCUT2D eigenvalue weighted by molar-refractivity contribution is 6.20. The van der Waals surface area contributed by atoms with Crippen LogP contribution in [-0.2, 0) is 38.1 Å². The summed E-state index contributed by atoms with van der Waals surface area (Å²) in [6.45, 7) is 3.42. The van der Waals surface area contributed by atoms with Crippen LogP contribution in [-0.4, -0.2) is 64.9 Å². The molecular weight excluding hydrogens is 348 g/mol. The molecule has 0 aromatic carbocycles. The van der Waals surface area contributed by atoms with Gasteiger partial charge in [0.2, 0.25) is 0 Å². The molecule has 9 nitrogen and oxygen atoms in total. The van der Waals surface area contributed by atoms with E-state index >= 15 is 0 Å². The van der Waals surface area contributed by atoms with Gasteiger partial charge in [0.25, 0.3) is 0 Å². The molecule has 1 N–H and O–H groups in total. The lowest BCUT2D eigenvalue weighted by atomic mass is 9.84. The zero-order valence-corrected chi connectivity index (χ0v) is 14.4. The molecular formula is C14H19ClO9. The number of alkyl halides is 1. The highest BCUT2D eigenvalue weighted by Gasteiger charge is 2.61. The second-order valence-corrected chi connectivity index (χ2v) is 5.68. The van der Waals surface area contributed by atoms with Gasteiger partial charge in [0.15, 0.2) is 35.3 Å². The topological polar surface area (TPSA) is 125 Å². The smallest absolute Gasteiger partial charge is 0.303 e. The lowest BCUT2D eigenvalue weighted by molar-refractivity contribution is -0.264. The van der Waals surface area contributed by atoms with E-state index in [2.05, 4.69) is 0 Å². The Morgan fingerprint density at radius 3 is 1.79 bits per heavy atom. The van der Waals surface area contributed by atoms with Gasteiger partial charge in [-0.1, -0.05) is 11.6 Å². The number of carbonyl (C=O) groups is 4. The molecule has 0 aromatic rings. The van der Waals surface area contributed by atoms with Crippen molar-refractivity contribution in [3.63, 3.8) is 0 Å². The maximum absolute atomic E-state index is 12.1. The molecule has 10 heteroatoms. The molecule has 0 aromatic heterocycles. The predicted molar refractivity (Wildman–Crippen MR) is 77.9 cm³/mol. The van der Waals surface area contributed by atoms with Crippen LogP contribution in [0.4, 0.5) is 0 Å². The largest absolute Gasteiger partial charge is 0.455 e. The van der Waals surface area contributed by atoms with Crippen molar-refractivity contribution < 1.29 is 43.2 Å². The molecule has 0 bridgehead atoms. The molecule has 1 aliphatic rings. The number of hydrogen-bond donors (Lipinski definition) is 1. The standard InChI is InChI=1S/C14H19ClO9/c1-6(17)14(5-16)12(23-9(4)20)10(21-7(2)18)11(13(15)24-14)22-8(3)19/h10-13,16H,5H2,1-4H3/t10-,11-,12+,13+,14+/m1/s1. The first-order chi connectivity index (χ1) is 11.0. The molecule has 1 heterocycles. The minimum Gasteiger partial charge on any atom is -0.455 e. The zero-order chi connectivity index (χ0) is 18.7. The quantitative estimate of drug-likeness (QED) is 0.396. The van der Waals surface area contributed by atoms with E-state index < -0.39 is 59.8 Å². The van der Waals surface area contributed by atoms with Crippen LogP contribution in [0.25, 0.3) is 0 Å². The number of rotatable bonds is 5. The first kappa shape index (κ1) is 20.3. The normalized spacial score (nSPS) is 32.6. The van der Waals surface area contributed by atoms with Crippen LogP contribution in [0.15, 0.2) is 0 Å². The molecule has 0 saturated carbocycles. The van der Waals surface area contributed by atoms with Gasteiger partial charge in [-0.3, -0.25) is 19.2 Å². The molecule has 0 spiro atoms. The third-order valence-electron chi connectivity index (χ3n) is 3.39. The second kappa shape index (κ2) is 7.91. The van der Waals surface area contributed by atoms with Gasteiger partial charge in [-0.05, 0) is 6.92 Å². The number of aliphatic hydroxyl groups is 1. The van der Waals surface area contributed by atoms with E-state index in [1.807, 2.05) is 0 Å². The van der Waals surface area contributed by atoms with Crippen molar-refractivity contribution in [2.24, 2.45) is 0 Å². The van der Waals surface area contributed by atoms with Crippen LogP contribution in [0.3, 0.4) is 0 Å².